The monoisotopic (exact) mass is 425 g/mol. The number of aromatic nitrogens is 3. The Hall–Kier alpha value is -2.52. The minimum Gasteiger partial charge on any atom is -0.367 e. The maximum atomic E-state index is 13.7. The molecule has 10 heteroatoms. The molecule has 7 nitrogen and oxygen atoms in total. The van der Waals surface area contributed by atoms with E-state index in [9.17, 15) is 18.0 Å². The number of hydrogen-bond acceptors (Lipinski definition) is 5. The number of rotatable bonds is 4. The Morgan fingerprint density at radius 2 is 2.13 bits per heavy atom. The van der Waals surface area contributed by atoms with E-state index < -0.39 is 12.2 Å². The van der Waals surface area contributed by atoms with E-state index in [1.54, 1.807) is 17.0 Å². The molecular formula is C20H26F3N5O2. The van der Waals surface area contributed by atoms with E-state index in [2.05, 4.69) is 15.6 Å². The van der Waals surface area contributed by atoms with Gasteiger partial charge < -0.3 is 14.7 Å². The van der Waals surface area contributed by atoms with Gasteiger partial charge in [-0.3, -0.25) is 4.79 Å². The van der Waals surface area contributed by atoms with Crippen LogP contribution in [0, 0.1) is 5.92 Å². The predicted octanol–water partition coefficient (Wildman–Crippen LogP) is 4.01. The molecule has 0 bridgehead atoms. The zero-order valence-electron chi connectivity index (χ0n) is 17.2. The Morgan fingerprint density at radius 1 is 1.37 bits per heavy atom. The SMILES string of the molecule is CCc1cc(C(=O)N2CC[C@H](c3cc4n(n3)[C@@H](C(F)(F)F)C[C@@H](C(C)C)N4)C2)on1. The number of likely N-dealkylation sites (tertiary alicyclic amines) is 1. The summed E-state index contributed by atoms with van der Waals surface area (Å²) in [6, 6.07) is 1.43. The number of carbonyl (C=O) groups is 1. The molecule has 3 atom stereocenters. The summed E-state index contributed by atoms with van der Waals surface area (Å²) >= 11 is 0. The molecule has 0 aliphatic carbocycles. The molecular weight excluding hydrogens is 399 g/mol. The first kappa shape index (κ1) is 20.7. The first-order chi connectivity index (χ1) is 14.2. The molecule has 0 spiro atoms. The van der Waals surface area contributed by atoms with Crippen molar-refractivity contribution in [1.29, 1.82) is 0 Å². The maximum Gasteiger partial charge on any atom is 0.410 e. The van der Waals surface area contributed by atoms with E-state index in [4.69, 9.17) is 4.52 Å². The highest BCUT2D eigenvalue weighted by Crippen LogP contribution is 2.42. The summed E-state index contributed by atoms with van der Waals surface area (Å²) < 4.78 is 47.2. The van der Waals surface area contributed by atoms with Gasteiger partial charge in [-0.15, -0.1) is 0 Å². The normalized spacial score (nSPS) is 24.2. The van der Waals surface area contributed by atoms with Crippen LogP contribution in [0.2, 0.25) is 0 Å². The van der Waals surface area contributed by atoms with Crippen molar-refractivity contribution in [2.45, 2.75) is 64.2 Å². The van der Waals surface area contributed by atoms with E-state index in [1.807, 2.05) is 20.8 Å². The van der Waals surface area contributed by atoms with Crippen LogP contribution in [0.25, 0.3) is 0 Å². The van der Waals surface area contributed by atoms with Gasteiger partial charge >= 0.3 is 6.18 Å². The van der Waals surface area contributed by atoms with Crippen molar-refractivity contribution in [1.82, 2.24) is 19.8 Å². The molecule has 1 amide bonds. The lowest BCUT2D eigenvalue weighted by Gasteiger charge is -2.35. The molecule has 164 valence electrons. The van der Waals surface area contributed by atoms with Gasteiger partial charge in [0, 0.05) is 37.2 Å². The third kappa shape index (κ3) is 3.79. The molecule has 1 saturated heterocycles. The Labute approximate surface area is 172 Å². The minimum atomic E-state index is -4.37. The van der Waals surface area contributed by atoms with Crippen LogP contribution in [0.3, 0.4) is 0 Å². The van der Waals surface area contributed by atoms with E-state index in [0.717, 1.165) is 4.68 Å². The highest BCUT2D eigenvalue weighted by atomic mass is 19.4. The van der Waals surface area contributed by atoms with Gasteiger partial charge in [-0.25, -0.2) is 4.68 Å². The van der Waals surface area contributed by atoms with Crippen LogP contribution in [0.5, 0.6) is 0 Å². The summed E-state index contributed by atoms with van der Waals surface area (Å²) in [4.78, 5) is 14.3. The molecule has 4 heterocycles. The van der Waals surface area contributed by atoms with Crippen molar-refractivity contribution in [2.75, 3.05) is 18.4 Å². The molecule has 2 aliphatic rings. The summed E-state index contributed by atoms with van der Waals surface area (Å²) in [5.41, 5.74) is 1.29. The van der Waals surface area contributed by atoms with Crippen LogP contribution in [0.1, 0.15) is 67.5 Å². The topological polar surface area (TPSA) is 76.2 Å². The lowest BCUT2D eigenvalue weighted by atomic mass is 9.94. The lowest BCUT2D eigenvalue weighted by Crippen LogP contribution is -2.41. The van der Waals surface area contributed by atoms with Gasteiger partial charge in [-0.1, -0.05) is 25.9 Å². The number of aryl methyl sites for hydroxylation is 1. The lowest BCUT2D eigenvalue weighted by molar-refractivity contribution is -0.174. The van der Waals surface area contributed by atoms with E-state index >= 15 is 0 Å². The average Bonchev–Trinajstić information content (AvgIpc) is 3.43. The van der Waals surface area contributed by atoms with E-state index in [-0.39, 0.29) is 36.0 Å². The zero-order chi connectivity index (χ0) is 21.6. The minimum absolute atomic E-state index is 0.0458. The third-order valence-corrected chi connectivity index (χ3v) is 6.07. The summed E-state index contributed by atoms with van der Waals surface area (Å²) in [5, 5.41) is 11.4. The standard InChI is InChI=1S/C20H26F3N5O2/c1-4-13-7-16(30-26-13)19(29)27-6-5-12(10-27)15-9-18-24-14(11(2)3)8-17(20(21,22)23)28(18)25-15/h7,9,11-12,14,17,24H,4-6,8,10H2,1-3H3/t12-,14-,17+/m0/s1. The quantitative estimate of drug-likeness (QED) is 0.801. The first-order valence-electron chi connectivity index (χ1n) is 10.3. The molecule has 4 rings (SSSR count). The number of alkyl halides is 3. The molecule has 0 aromatic carbocycles. The van der Waals surface area contributed by atoms with Crippen molar-refractivity contribution in [2.24, 2.45) is 5.92 Å². The van der Waals surface area contributed by atoms with E-state index in [0.29, 0.717) is 43.1 Å². The second-order valence-electron chi connectivity index (χ2n) is 8.46. The zero-order valence-corrected chi connectivity index (χ0v) is 17.2. The fourth-order valence-corrected chi connectivity index (χ4v) is 4.18. The van der Waals surface area contributed by atoms with Gasteiger partial charge in [-0.2, -0.15) is 18.3 Å². The fraction of sp³-hybridized carbons (Fsp3) is 0.650. The fourth-order valence-electron chi connectivity index (χ4n) is 4.18. The number of hydrogen-bond donors (Lipinski definition) is 1. The van der Waals surface area contributed by atoms with Crippen LogP contribution in [-0.4, -0.2) is 51.1 Å². The van der Waals surface area contributed by atoms with Crippen LogP contribution < -0.4 is 5.32 Å². The van der Waals surface area contributed by atoms with Gasteiger partial charge in [-0.05, 0) is 25.2 Å². The molecule has 2 aromatic rings. The van der Waals surface area contributed by atoms with Gasteiger partial charge in [0.25, 0.3) is 5.91 Å². The highest BCUT2D eigenvalue weighted by molar-refractivity contribution is 5.91. The van der Waals surface area contributed by atoms with Gasteiger partial charge in [0.1, 0.15) is 5.82 Å². The highest BCUT2D eigenvalue weighted by Gasteiger charge is 2.47. The number of fused-ring (bicyclic) bond motifs is 1. The number of nitrogens with one attached hydrogen (secondary N) is 1. The van der Waals surface area contributed by atoms with Crippen molar-refractivity contribution in [3.8, 4) is 0 Å². The molecule has 1 fully saturated rings. The van der Waals surface area contributed by atoms with Crippen LogP contribution in [-0.2, 0) is 6.42 Å². The van der Waals surface area contributed by atoms with Gasteiger partial charge in [0.05, 0.1) is 11.4 Å². The Morgan fingerprint density at radius 3 is 2.77 bits per heavy atom. The summed E-state index contributed by atoms with van der Waals surface area (Å²) in [7, 11) is 0. The number of carbonyl (C=O) groups excluding carboxylic acids is 1. The Balaban J connectivity index is 1.53. The predicted molar refractivity (Wildman–Crippen MR) is 103 cm³/mol. The molecule has 0 unspecified atom stereocenters. The number of nitrogens with zero attached hydrogens (tertiary/aromatic N) is 4. The number of anilines is 1. The maximum absolute atomic E-state index is 13.7. The van der Waals surface area contributed by atoms with E-state index in [1.165, 1.54) is 0 Å². The van der Waals surface area contributed by atoms with Crippen LogP contribution in [0.4, 0.5) is 19.0 Å². The largest absolute Gasteiger partial charge is 0.410 e. The molecule has 0 saturated carbocycles. The summed E-state index contributed by atoms with van der Waals surface area (Å²) in [6.07, 6.45) is -3.10. The van der Waals surface area contributed by atoms with Crippen LogP contribution >= 0.6 is 0 Å². The van der Waals surface area contributed by atoms with Crippen molar-refractivity contribution < 1.29 is 22.5 Å². The summed E-state index contributed by atoms with van der Waals surface area (Å²) in [5.74, 6) is 0.283. The Kier molecular flexibility index (Phi) is 5.27. The molecule has 30 heavy (non-hydrogen) atoms. The summed E-state index contributed by atoms with van der Waals surface area (Å²) in [6.45, 7) is 6.63. The van der Waals surface area contributed by atoms with Crippen molar-refractivity contribution in [3.63, 3.8) is 0 Å². The number of amides is 1. The van der Waals surface area contributed by atoms with Crippen molar-refractivity contribution >= 4 is 11.7 Å². The number of halogens is 3. The molecule has 0 radical (unpaired) electrons. The third-order valence-electron chi connectivity index (χ3n) is 6.07. The van der Waals surface area contributed by atoms with Crippen LogP contribution in [0.15, 0.2) is 16.7 Å². The average molecular weight is 425 g/mol. The van der Waals surface area contributed by atoms with Crippen molar-refractivity contribution in [3.05, 3.63) is 29.3 Å². The molecule has 2 aliphatic heterocycles. The smallest absolute Gasteiger partial charge is 0.367 e. The first-order valence-corrected chi connectivity index (χ1v) is 10.3. The molecule has 2 aromatic heterocycles. The van der Waals surface area contributed by atoms with Gasteiger partial charge in [0.15, 0.2) is 6.04 Å². The Bertz CT molecular complexity index is 920. The second-order valence-corrected chi connectivity index (χ2v) is 8.46. The molecule has 1 N–H and O–H groups in total. The van der Waals surface area contributed by atoms with Gasteiger partial charge in [0.2, 0.25) is 5.76 Å². The second kappa shape index (κ2) is 7.63.